The summed E-state index contributed by atoms with van der Waals surface area (Å²) in [6.07, 6.45) is -4.67. The average molecular weight is 270 g/mol. The van der Waals surface area contributed by atoms with E-state index in [1.807, 2.05) is 0 Å². The van der Waals surface area contributed by atoms with E-state index in [1.54, 1.807) is 0 Å². The highest BCUT2D eigenvalue weighted by atomic mass is 32.1. The van der Waals surface area contributed by atoms with Gasteiger partial charge in [-0.05, 0) is 0 Å². The molecule has 0 fully saturated rings. The molecule has 0 saturated carbocycles. The highest BCUT2D eigenvalue weighted by molar-refractivity contribution is 7.11. The minimum Gasteiger partial charge on any atom is -0.383 e. The second-order valence-corrected chi connectivity index (χ2v) is 3.66. The van der Waals surface area contributed by atoms with Crippen molar-refractivity contribution < 1.29 is 27.5 Å². The minimum absolute atomic E-state index is 0.183. The number of nitrogens with zero attached hydrogens (tertiary/aromatic N) is 1. The molecule has 1 N–H and O–H groups in total. The van der Waals surface area contributed by atoms with Crippen LogP contribution >= 0.6 is 11.3 Å². The van der Waals surface area contributed by atoms with Gasteiger partial charge in [-0.3, -0.25) is 0 Å². The topological polar surface area (TPSA) is 60.5 Å². The fourth-order valence-corrected chi connectivity index (χ4v) is 1.58. The van der Waals surface area contributed by atoms with Gasteiger partial charge in [0.25, 0.3) is 0 Å². The quantitative estimate of drug-likeness (QED) is 0.648. The number of hydrogen-bond acceptors (Lipinski definition) is 6. The molecule has 1 heterocycles. The van der Waals surface area contributed by atoms with Gasteiger partial charge in [-0.15, -0.1) is 11.3 Å². The lowest BCUT2D eigenvalue weighted by atomic mass is 10.3. The molecule has 0 aromatic carbocycles. The van der Waals surface area contributed by atoms with Gasteiger partial charge in [0.15, 0.2) is 5.69 Å². The van der Waals surface area contributed by atoms with Crippen LogP contribution in [-0.4, -0.2) is 31.2 Å². The smallest absolute Gasteiger partial charge is 0.383 e. The van der Waals surface area contributed by atoms with Gasteiger partial charge in [0.2, 0.25) is 0 Å². The SMILES string of the molecule is COCCNOC(=O)c1scnc1C(F)(F)F. The van der Waals surface area contributed by atoms with Crippen molar-refractivity contribution in [1.29, 1.82) is 0 Å². The first-order chi connectivity index (χ1) is 7.96. The summed E-state index contributed by atoms with van der Waals surface area (Å²) in [4.78, 5) is 18.2. The molecule has 0 radical (unpaired) electrons. The van der Waals surface area contributed by atoms with Crippen molar-refractivity contribution >= 4 is 17.3 Å². The molecule has 96 valence electrons. The van der Waals surface area contributed by atoms with Crippen LogP contribution in [0.1, 0.15) is 15.4 Å². The predicted molar refractivity (Wildman–Crippen MR) is 52.4 cm³/mol. The van der Waals surface area contributed by atoms with Crippen LogP contribution < -0.4 is 5.48 Å². The Balaban J connectivity index is 2.61. The number of rotatable bonds is 5. The van der Waals surface area contributed by atoms with Crippen LogP contribution in [0.3, 0.4) is 0 Å². The molecule has 0 spiro atoms. The van der Waals surface area contributed by atoms with E-state index in [9.17, 15) is 18.0 Å². The fraction of sp³-hybridized carbons (Fsp3) is 0.500. The van der Waals surface area contributed by atoms with Crippen molar-refractivity contribution in [3.8, 4) is 0 Å². The first-order valence-corrected chi connectivity index (χ1v) is 5.28. The van der Waals surface area contributed by atoms with Gasteiger partial charge >= 0.3 is 12.1 Å². The van der Waals surface area contributed by atoms with Gasteiger partial charge in [-0.1, -0.05) is 0 Å². The van der Waals surface area contributed by atoms with Crippen LogP contribution in [0, 0.1) is 0 Å². The number of aromatic nitrogens is 1. The molecule has 0 aliphatic heterocycles. The van der Waals surface area contributed by atoms with Crippen LogP contribution in [0.5, 0.6) is 0 Å². The number of nitrogens with one attached hydrogen (secondary N) is 1. The summed E-state index contributed by atoms with van der Waals surface area (Å²) >= 11 is 0.571. The van der Waals surface area contributed by atoms with E-state index in [4.69, 9.17) is 0 Å². The van der Waals surface area contributed by atoms with Gasteiger partial charge in [0, 0.05) is 7.11 Å². The van der Waals surface area contributed by atoms with E-state index in [0.29, 0.717) is 11.3 Å². The van der Waals surface area contributed by atoms with Crippen molar-refractivity contribution in [2.45, 2.75) is 6.18 Å². The van der Waals surface area contributed by atoms with Gasteiger partial charge in [0.1, 0.15) is 4.88 Å². The molecule has 5 nitrogen and oxygen atoms in total. The third kappa shape index (κ3) is 3.95. The fourth-order valence-electron chi connectivity index (χ4n) is 0.900. The molecule has 0 atom stereocenters. The molecule has 0 amide bonds. The molecule has 0 bridgehead atoms. The number of carbonyl (C=O) groups is 1. The van der Waals surface area contributed by atoms with Crippen LogP contribution in [0.4, 0.5) is 13.2 Å². The molecular formula is C8H9F3N2O3S. The molecule has 0 saturated heterocycles. The van der Waals surface area contributed by atoms with Crippen molar-refractivity contribution in [3.05, 3.63) is 16.1 Å². The number of halogens is 3. The molecule has 9 heteroatoms. The molecule has 0 aliphatic carbocycles. The highest BCUT2D eigenvalue weighted by Crippen LogP contribution is 2.32. The lowest BCUT2D eigenvalue weighted by molar-refractivity contribution is -0.141. The largest absolute Gasteiger partial charge is 0.435 e. The average Bonchev–Trinajstić information content (AvgIpc) is 2.72. The van der Waals surface area contributed by atoms with Crippen molar-refractivity contribution in [2.24, 2.45) is 0 Å². The zero-order valence-corrected chi connectivity index (χ0v) is 9.52. The molecule has 0 aliphatic rings. The van der Waals surface area contributed by atoms with E-state index < -0.39 is 22.7 Å². The standard InChI is InChI=1S/C8H9F3N2O3S/c1-15-3-2-13-16-7(14)5-6(8(9,10)11)12-4-17-5/h4,13H,2-3H2,1H3. The maximum absolute atomic E-state index is 12.4. The van der Waals surface area contributed by atoms with Crippen molar-refractivity contribution in [1.82, 2.24) is 10.5 Å². The van der Waals surface area contributed by atoms with Crippen LogP contribution in [-0.2, 0) is 15.8 Å². The van der Waals surface area contributed by atoms with Gasteiger partial charge < -0.3 is 9.57 Å². The van der Waals surface area contributed by atoms with Gasteiger partial charge in [0.05, 0.1) is 18.7 Å². The number of methoxy groups -OCH3 is 1. The van der Waals surface area contributed by atoms with Crippen LogP contribution in [0.25, 0.3) is 0 Å². The Hall–Kier alpha value is -1.19. The Labute approximate surface area is 98.5 Å². The summed E-state index contributed by atoms with van der Waals surface area (Å²) in [5, 5.41) is 0. The van der Waals surface area contributed by atoms with E-state index in [1.165, 1.54) is 7.11 Å². The Bertz CT molecular complexity index is 380. The number of thiazole rings is 1. The summed E-state index contributed by atoms with van der Waals surface area (Å²) in [7, 11) is 1.44. The maximum Gasteiger partial charge on any atom is 0.435 e. The molecule has 1 aromatic heterocycles. The predicted octanol–water partition coefficient (Wildman–Crippen LogP) is 1.47. The third-order valence-electron chi connectivity index (χ3n) is 1.59. The summed E-state index contributed by atoms with van der Waals surface area (Å²) in [6, 6.07) is 0. The number of hydroxylamine groups is 1. The van der Waals surface area contributed by atoms with E-state index in [0.717, 1.165) is 5.51 Å². The number of alkyl halides is 3. The van der Waals surface area contributed by atoms with Crippen molar-refractivity contribution in [3.63, 3.8) is 0 Å². The second-order valence-electron chi connectivity index (χ2n) is 2.80. The number of ether oxygens (including phenoxy) is 1. The van der Waals surface area contributed by atoms with E-state index in [2.05, 4.69) is 20.0 Å². The maximum atomic E-state index is 12.4. The summed E-state index contributed by atoms with van der Waals surface area (Å²) in [6.45, 7) is 0.449. The summed E-state index contributed by atoms with van der Waals surface area (Å²) < 4.78 is 41.8. The summed E-state index contributed by atoms with van der Waals surface area (Å²) in [5.41, 5.74) is 1.89. The normalized spacial score (nSPS) is 11.5. The Morgan fingerprint density at radius 1 is 1.59 bits per heavy atom. The second kappa shape index (κ2) is 5.94. The number of carbonyl (C=O) groups excluding carboxylic acids is 1. The summed E-state index contributed by atoms with van der Waals surface area (Å²) in [5.74, 6) is -1.11. The van der Waals surface area contributed by atoms with Crippen LogP contribution in [0.15, 0.2) is 5.51 Å². The Morgan fingerprint density at radius 3 is 2.88 bits per heavy atom. The Kier molecular flexibility index (Phi) is 4.85. The highest BCUT2D eigenvalue weighted by Gasteiger charge is 2.39. The molecule has 1 rings (SSSR count). The molecule has 17 heavy (non-hydrogen) atoms. The zero-order chi connectivity index (χ0) is 12.9. The zero-order valence-electron chi connectivity index (χ0n) is 8.71. The molecular weight excluding hydrogens is 261 g/mol. The Morgan fingerprint density at radius 2 is 2.29 bits per heavy atom. The van der Waals surface area contributed by atoms with Gasteiger partial charge in [-0.2, -0.15) is 18.7 Å². The first kappa shape index (κ1) is 13.9. The lowest BCUT2D eigenvalue weighted by Gasteiger charge is -2.06. The van der Waals surface area contributed by atoms with E-state index >= 15 is 0 Å². The van der Waals surface area contributed by atoms with Crippen molar-refractivity contribution in [2.75, 3.05) is 20.3 Å². The van der Waals surface area contributed by atoms with E-state index in [-0.39, 0.29) is 13.2 Å². The monoisotopic (exact) mass is 270 g/mol. The van der Waals surface area contributed by atoms with Crippen LogP contribution in [0.2, 0.25) is 0 Å². The van der Waals surface area contributed by atoms with Gasteiger partial charge in [-0.25, -0.2) is 9.78 Å². The molecule has 1 aromatic rings. The molecule has 0 unspecified atom stereocenters. The first-order valence-electron chi connectivity index (χ1n) is 4.40. The third-order valence-corrected chi connectivity index (χ3v) is 2.40. The minimum atomic E-state index is -4.67. The lowest BCUT2D eigenvalue weighted by Crippen LogP contribution is -2.24. The number of hydrogen-bond donors (Lipinski definition) is 1.